The highest BCUT2D eigenvalue weighted by atomic mass is 35.5. The van der Waals surface area contributed by atoms with E-state index in [2.05, 4.69) is 10.4 Å². The summed E-state index contributed by atoms with van der Waals surface area (Å²) in [5, 5.41) is 22.5. The van der Waals surface area contributed by atoms with E-state index in [1.165, 1.54) is 55.6 Å². The summed E-state index contributed by atoms with van der Waals surface area (Å²) in [6.45, 7) is 0. The number of amides is 4. The van der Waals surface area contributed by atoms with E-state index < -0.39 is 86.1 Å². The monoisotopic (exact) mass is 821 g/mol. The number of aromatic nitrogens is 1. The van der Waals surface area contributed by atoms with Crippen LogP contribution in [0.15, 0.2) is 90.6 Å². The number of ether oxygens (including phenoxy) is 1. The summed E-state index contributed by atoms with van der Waals surface area (Å²) >= 11 is 12.6. The number of phenols is 1. The van der Waals surface area contributed by atoms with Crippen LogP contribution in [0.4, 0.5) is 30.4 Å². The van der Waals surface area contributed by atoms with E-state index >= 15 is 4.79 Å². The third kappa shape index (κ3) is 5.79. The maximum atomic E-state index is 15.3. The number of halogens is 5. The average Bonchev–Trinajstić information content (AvgIpc) is 3.56. The fourth-order valence-corrected chi connectivity index (χ4v) is 9.40. The highest BCUT2D eigenvalue weighted by Crippen LogP contribution is 2.65. The number of pyridine rings is 1. The van der Waals surface area contributed by atoms with Crippen LogP contribution in [0.2, 0.25) is 10.0 Å². The lowest BCUT2D eigenvalue weighted by molar-refractivity contribution is -0.384. The maximum absolute atomic E-state index is 15.3. The molecule has 8 rings (SSSR count). The number of nitrogens with one attached hydrogen (secondary N) is 1. The molecule has 4 amide bonds. The first-order valence-electron chi connectivity index (χ1n) is 17.4. The Hall–Kier alpha value is -6.00. The first kappa shape index (κ1) is 37.9. The molecule has 13 nitrogen and oxygen atoms in total. The minimum atomic E-state index is -4.79. The first-order chi connectivity index (χ1) is 27.1. The van der Waals surface area contributed by atoms with Crippen LogP contribution in [-0.2, 0) is 30.8 Å². The molecule has 3 fully saturated rings. The number of alkyl halides is 3. The zero-order valence-electron chi connectivity index (χ0n) is 29.4. The van der Waals surface area contributed by atoms with Crippen molar-refractivity contribution < 1.29 is 47.1 Å². The van der Waals surface area contributed by atoms with E-state index in [9.17, 15) is 42.8 Å². The number of carbonyl (C=O) groups is 4. The number of nitro benzene ring substituents is 1. The normalized spacial score (nSPS) is 25.5. The second kappa shape index (κ2) is 13.6. The molecule has 6 atom stereocenters. The predicted octanol–water partition coefficient (Wildman–Crippen LogP) is 7.22. The molecule has 2 N–H and O–H groups in total. The lowest BCUT2D eigenvalue weighted by atomic mass is 9.49. The van der Waals surface area contributed by atoms with E-state index in [4.69, 9.17) is 27.9 Å². The molecule has 1 aromatic heterocycles. The van der Waals surface area contributed by atoms with Gasteiger partial charge in [-0.25, -0.2) is 9.88 Å². The molecule has 4 aromatic rings. The number of anilines is 2. The van der Waals surface area contributed by atoms with Crippen LogP contribution in [0.1, 0.15) is 35.4 Å². The van der Waals surface area contributed by atoms with Gasteiger partial charge in [-0.1, -0.05) is 59.1 Å². The predicted molar refractivity (Wildman–Crippen MR) is 197 cm³/mol. The van der Waals surface area contributed by atoms with Crippen LogP contribution in [0.25, 0.3) is 0 Å². The van der Waals surface area contributed by atoms with Gasteiger partial charge in [-0.2, -0.15) is 18.2 Å². The highest BCUT2D eigenvalue weighted by Gasteiger charge is 2.71. The van der Waals surface area contributed by atoms with Gasteiger partial charge in [-0.05, 0) is 54.7 Å². The number of nitrogens with zero attached hydrogens (tertiary/aromatic N) is 4. The number of carbonyl (C=O) groups excluding carboxylic acids is 4. The van der Waals surface area contributed by atoms with Gasteiger partial charge in [0.05, 0.1) is 51.5 Å². The van der Waals surface area contributed by atoms with Crippen molar-refractivity contribution in [3.8, 4) is 11.5 Å². The summed E-state index contributed by atoms with van der Waals surface area (Å²) < 4.78 is 46.2. The summed E-state index contributed by atoms with van der Waals surface area (Å²) in [7, 11) is 1.35. The first-order valence-corrected chi connectivity index (χ1v) is 18.2. The summed E-state index contributed by atoms with van der Waals surface area (Å²) in [6, 6.07) is 16.2. The molecule has 57 heavy (non-hydrogen) atoms. The molecule has 4 aliphatic rings. The summed E-state index contributed by atoms with van der Waals surface area (Å²) in [5.41, 5.74) is 0.395. The number of hydrogen-bond donors (Lipinski definition) is 2. The summed E-state index contributed by atoms with van der Waals surface area (Å²) in [6.07, 6.45) is -2.66. The second-order valence-corrected chi connectivity index (χ2v) is 15.0. The Morgan fingerprint density at radius 1 is 0.982 bits per heavy atom. The number of aromatic hydroxyl groups is 1. The third-order valence-electron chi connectivity index (χ3n) is 11.4. The van der Waals surface area contributed by atoms with Crippen LogP contribution in [0.3, 0.4) is 0 Å². The molecule has 1 saturated carbocycles. The van der Waals surface area contributed by atoms with E-state index in [-0.39, 0.29) is 35.7 Å². The summed E-state index contributed by atoms with van der Waals surface area (Å²) in [5.74, 6) is -8.65. The van der Waals surface area contributed by atoms with Gasteiger partial charge in [0.25, 0.3) is 17.5 Å². The molecular formula is C39H28Cl2F3N5O8. The molecule has 0 bridgehead atoms. The fraction of sp³-hybridized carbons (Fsp3) is 0.256. The van der Waals surface area contributed by atoms with E-state index in [1.54, 1.807) is 18.2 Å². The SMILES string of the molecule is COc1cc(O)ccc1[C@H]1C2=CC[C@@H]3C(=O)N(c4cccc([N+](=O)[O-])c4)C(=O)[C@@H]3[C@@H]2C[C@H]2C(=O)N(Nc3ncc(C(F)(F)F)cc3Cl)C(=O)[C@@]12c1ccc(Cl)cc1. The topological polar surface area (TPSA) is 172 Å². The van der Waals surface area contributed by atoms with Gasteiger partial charge >= 0.3 is 6.18 Å². The van der Waals surface area contributed by atoms with Crippen LogP contribution in [0, 0.1) is 33.8 Å². The van der Waals surface area contributed by atoms with E-state index in [0.29, 0.717) is 39.0 Å². The average molecular weight is 823 g/mol. The zero-order chi connectivity index (χ0) is 40.7. The van der Waals surface area contributed by atoms with Gasteiger partial charge in [0, 0.05) is 40.9 Å². The number of hydrazine groups is 1. The molecule has 292 valence electrons. The Bertz CT molecular complexity index is 2450. The van der Waals surface area contributed by atoms with Crippen LogP contribution in [-0.4, -0.2) is 50.8 Å². The molecule has 18 heteroatoms. The lowest BCUT2D eigenvalue weighted by Crippen LogP contribution is -2.53. The molecule has 3 heterocycles. The van der Waals surface area contributed by atoms with Crippen molar-refractivity contribution in [3.05, 3.63) is 127 Å². The lowest BCUT2D eigenvalue weighted by Gasteiger charge is -2.50. The number of hydrogen-bond acceptors (Lipinski definition) is 10. The molecule has 0 unspecified atom stereocenters. The zero-order valence-corrected chi connectivity index (χ0v) is 30.9. The van der Waals surface area contributed by atoms with Crippen molar-refractivity contribution in [3.63, 3.8) is 0 Å². The van der Waals surface area contributed by atoms with Crippen LogP contribution >= 0.6 is 23.2 Å². The molecule has 0 spiro atoms. The maximum Gasteiger partial charge on any atom is 0.417 e. The van der Waals surface area contributed by atoms with E-state index in [0.717, 1.165) is 11.0 Å². The van der Waals surface area contributed by atoms with Crippen LogP contribution in [0.5, 0.6) is 11.5 Å². The standard InChI is InChI=1S/C39H28Cl2F3N5O8/c1-57-30-15-23(50)9-10-25(30)32-24-11-12-26-31(36(53)47(34(26)51)21-3-2-4-22(14-21)49(55)56)27(24)16-28-35(52)48(37(54)38(28,32)18-5-7-20(40)8-6-18)46-33-29(41)13-19(17-45-33)39(42,43)44/h2-11,13-15,17,26-28,31-32,50H,12,16H2,1H3,(H,45,46)/t26-,27+,28-,31-,32+,38+/m0/s1. The minimum absolute atomic E-state index is 0.00152. The van der Waals surface area contributed by atoms with Crippen molar-refractivity contribution in [1.82, 2.24) is 9.99 Å². The largest absolute Gasteiger partial charge is 0.508 e. The fourth-order valence-electron chi connectivity index (χ4n) is 9.07. The Morgan fingerprint density at radius 3 is 2.39 bits per heavy atom. The number of phenolic OH excluding ortho intramolecular Hbond substituents is 1. The van der Waals surface area contributed by atoms with Gasteiger partial charge in [0.2, 0.25) is 11.8 Å². The third-order valence-corrected chi connectivity index (χ3v) is 11.9. The van der Waals surface area contributed by atoms with E-state index in [1.807, 2.05) is 0 Å². The van der Waals surface area contributed by atoms with Gasteiger partial charge in [-0.15, -0.1) is 0 Å². The quantitative estimate of drug-likeness (QED) is 0.0839. The number of rotatable bonds is 7. The molecule has 3 aromatic carbocycles. The molecule has 2 aliphatic heterocycles. The molecule has 2 saturated heterocycles. The molecular weight excluding hydrogens is 794 g/mol. The number of nitro groups is 1. The number of non-ortho nitro benzene ring substituents is 1. The Labute approximate surface area is 330 Å². The molecule has 0 radical (unpaired) electrons. The van der Waals surface area contributed by atoms with Gasteiger partial charge < -0.3 is 9.84 Å². The van der Waals surface area contributed by atoms with Crippen molar-refractivity contribution >= 4 is 64.0 Å². The number of imide groups is 2. The van der Waals surface area contributed by atoms with Crippen molar-refractivity contribution in [2.24, 2.45) is 23.7 Å². The Morgan fingerprint density at radius 2 is 1.72 bits per heavy atom. The number of fused-ring (bicyclic) bond motifs is 4. The van der Waals surface area contributed by atoms with Gasteiger partial charge in [0.1, 0.15) is 11.5 Å². The van der Waals surface area contributed by atoms with Crippen molar-refractivity contribution in [2.75, 3.05) is 17.4 Å². The highest BCUT2D eigenvalue weighted by molar-refractivity contribution is 6.33. The van der Waals surface area contributed by atoms with Crippen LogP contribution < -0.4 is 15.1 Å². The molecule has 2 aliphatic carbocycles. The second-order valence-electron chi connectivity index (χ2n) is 14.1. The number of methoxy groups -OCH3 is 1. The number of allylic oxidation sites excluding steroid dienone is 2. The van der Waals surface area contributed by atoms with Gasteiger partial charge in [-0.3, -0.25) is 34.7 Å². The Kier molecular flexibility index (Phi) is 9.03. The van der Waals surface area contributed by atoms with Gasteiger partial charge in [0.15, 0.2) is 5.82 Å². The number of benzene rings is 3. The smallest absolute Gasteiger partial charge is 0.417 e. The summed E-state index contributed by atoms with van der Waals surface area (Å²) in [4.78, 5) is 74.5. The van der Waals surface area contributed by atoms with Crippen molar-refractivity contribution in [1.29, 1.82) is 0 Å². The van der Waals surface area contributed by atoms with Crippen molar-refractivity contribution in [2.45, 2.75) is 30.4 Å². The minimum Gasteiger partial charge on any atom is -0.508 e. The Balaban J connectivity index is 1.32.